The summed E-state index contributed by atoms with van der Waals surface area (Å²) in [6.45, 7) is 1.51. The molecule has 1 aliphatic heterocycles. The van der Waals surface area contributed by atoms with E-state index < -0.39 is 44.1 Å². The second kappa shape index (κ2) is 10.8. The van der Waals surface area contributed by atoms with E-state index in [1.165, 1.54) is 6.26 Å². The summed E-state index contributed by atoms with van der Waals surface area (Å²) in [5.41, 5.74) is 0.926. The molecule has 3 atom stereocenters. The van der Waals surface area contributed by atoms with E-state index in [4.69, 9.17) is 9.47 Å². The van der Waals surface area contributed by atoms with Crippen molar-refractivity contribution in [1.29, 1.82) is 0 Å². The number of aromatic amines is 2. The number of benzene rings is 3. The number of nitrogens with one attached hydrogen (secondary N) is 2. The molecular weight excluding hydrogens is 516 g/mol. The highest BCUT2D eigenvalue weighted by molar-refractivity contribution is 7.91. The second-order valence-electron chi connectivity index (χ2n) is 9.80. The highest BCUT2D eigenvalue weighted by atomic mass is 32.2. The third-order valence-electron chi connectivity index (χ3n) is 7.30. The van der Waals surface area contributed by atoms with Crippen LogP contribution in [0.25, 0.3) is 0 Å². The molecule has 2 heterocycles. The van der Waals surface area contributed by atoms with E-state index in [0.29, 0.717) is 0 Å². The molecule has 202 valence electrons. The molecular formula is C30H30N2O6S. The average molecular weight is 547 g/mol. The van der Waals surface area contributed by atoms with Gasteiger partial charge in [-0.2, -0.15) is 0 Å². The van der Waals surface area contributed by atoms with Crippen LogP contribution in [0, 0.1) is 6.92 Å². The highest BCUT2D eigenvalue weighted by Gasteiger charge is 2.46. The summed E-state index contributed by atoms with van der Waals surface area (Å²) >= 11 is 0. The van der Waals surface area contributed by atoms with E-state index in [-0.39, 0.29) is 24.3 Å². The van der Waals surface area contributed by atoms with E-state index in [1.807, 2.05) is 91.0 Å². The molecule has 0 spiro atoms. The molecule has 9 heteroatoms. The van der Waals surface area contributed by atoms with Crippen LogP contribution >= 0.6 is 0 Å². The van der Waals surface area contributed by atoms with Gasteiger partial charge in [-0.15, -0.1) is 0 Å². The number of hydrogen-bond acceptors (Lipinski definition) is 6. The van der Waals surface area contributed by atoms with Gasteiger partial charge in [0.05, 0.1) is 29.8 Å². The predicted molar refractivity (Wildman–Crippen MR) is 148 cm³/mol. The zero-order valence-corrected chi connectivity index (χ0v) is 22.5. The lowest BCUT2D eigenvalue weighted by Crippen LogP contribution is -2.39. The molecule has 3 aromatic carbocycles. The molecule has 39 heavy (non-hydrogen) atoms. The van der Waals surface area contributed by atoms with Crippen LogP contribution in [0.5, 0.6) is 0 Å². The normalized spacial score (nSPS) is 19.7. The summed E-state index contributed by atoms with van der Waals surface area (Å²) < 4.78 is 38.9. The van der Waals surface area contributed by atoms with Gasteiger partial charge in [0.15, 0.2) is 9.84 Å². The summed E-state index contributed by atoms with van der Waals surface area (Å²) in [5, 5.41) is -0.898. The number of sulfone groups is 1. The predicted octanol–water partition coefficient (Wildman–Crippen LogP) is 3.62. The molecule has 1 aromatic heterocycles. The van der Waals surface area contributed by atoms with Gasteiger partial charge in [-0.3, -0.25) is 9.78 Å². The Kier molecular flexibility index (Phi) is 7.40. The van der Waals surface area contributed by atoms with Crippen molar-refractivity contribution in [1.82, 2.24) is 9.97 Å². The van der Waals surface area contributed by atoms with Crippen LogP contribution in [0.15, 0.2) is 101 Å². The topological polar surface area (TPSA) is 118 Å². The van der Waals surface area contributed by atoms with Crippen molar-refractivity contribution in [3.63, 3.8) is 0 Å². The van der Waals surface area contributed by atoms with Crippen molar-refractivity contribution in [2.45, 2.75) is 36.4 Å². The van der Waals surface area contributed by atoms with Gasteiger partial charge in [0.25, 0.3) is 5.56 Å². The van der Waals surface area contributed by atoms with Crippen LogP contribution < -0.4 is 11.2 Å². The van der Waals surface area contributed by atoms with Crippen molar-refractivity contribution in [2.75, 3.05) is 12.9 Å². The first-order valence-corrected chi connectivity index (χ1v) is 14.6. The third-order valence-corrected chi connectivity index (χ3v) is 8.89. The fraction of sp³-hybridized carbons (Fsp3) is 0.267. The van der Waals surface area contributed by atoms with Crippen LogP contribution in [0.2, 0.25) is 0 Å². The first-order valence-electron chi connectivity index (χ1n) is 12.7. The van der Waals surface area contributed by atoms with E-state index in [1.54, 1.807) is 6.92 Å². The van der Waals surface area contributed by atoms with Gasteiger partial charge in [-0.25, -0.2) is 13.2 Å². The van der Waals surface area contributed by atoms with Crippen molar-refractivity contribution in [3.05, 3.63) is 140 Å². The standard InChI is InChI=1S/C30H30N2O6S/c1-20-27(31-29(34)32-28(20)33)24-18-26(39(2,35)36)25(38-24)19-37-30(21-12-6-3-7-13-21,22-14-8-4-9-15-22)23-16-10-5-11-17-23/h3-17,24-26H,18-19H2,1-2H3,(H2,31,32,33,34). The molecule has 0 radical (unpaired) electrons. The number of aromatic nitrogens is 2. The minimum atomic E-state index is -3.57. The summed E-state index contributed by atoms with van der Waals surface area (Å²) in [7, 11) is -3.57. The van der Waals surface area contributed by atoms with Crippen molar-refractivity contribution in [2.24, 2.45) is 0 Å². The van der Waals surface area contributed by atoms with Crippen molar-refractivity contribution >= 4 is 9.84 Å². The molecule has 0 saturated carbocycles. The summed E-state index contributed by atoms with van der Waals surface area (Å²) in [4.78, 5) is 29.0. The van der Waals surface area contributed by atoms with E-state index in [2.05, 4.69) is 9.97 Å². The molecule has 1 fully saturated rings. The fourth-order valence-corrected chi connectivity index (χ4v) is 6.58. The minimum Gasteiger partial charge on any atom is -0.365 e. The van der Waals surface area contributed by atoms with Gasteiger partial charge in [0, 0.05) is 11.8 Å². The zero-order chi connectivity index (χ0) is 27.6. The Morgan fingerprint density at radius 3 is 1.79 bits per heavy atom. The van der Waals surface area contributed by atoms with Gasteiger partial charge in [0.2, 0.25) is 0 Å². The van der Waals surface area contributed by atoms with Crippen LogP contribution in [-0.2, 0) is 24.9 Å². The molecule has 1 aliphatic rings. The van der Waals surface area contributed by atoms with Crippen LogP contribution in [0.1, 0.15) is 40.5 Å². The first kappa shape index (κ1) is 26.8. The zero-order valence-electron chi connectivity index (χ0n) is 21.7. The van der Waals surface area contributed by atoms with Gasteiger partial charge in [-0.05, 0) is 30.0 Å². The maximum Gasteiger partial charge on any atom is 0.325 e. The number of hydrogen-bond donors (Lipinski definition) is 2. The second-order valence-corrected chi connectivity index (χ2v) is 12.1. The smallest absolute Gasteiger partial charge is 0.325 e. The van der Waals surface area contributed by atoms with Crippen LogP contribution in [0.3, 0.4) is 0 Å². The third kappa shape index (κ3) is 5.25. The molecule has 0 aliphatic carbocycles. The fourth-order valence-electron chi connectivity index (χ4n) is 5.36. The molecule has 0 bridgehead atoms. The average Bonchev–Trinajstić information content (AvgIpc) is 3.38. The van der Waals surface area contributed by atoms with Gasteiger partial charge >= 0.3 is 5.69 Å². The summed E-state index contributed by atoms with van der Waals surface area (Å²) in [6, 6.07) is 29.3. The Labute approximate surface area is 226 Å². The maximum atomic E-state index is 12.9. The lowest BCUT2D eigenvalue weighted by Gasteiger charge is -2.37. The molecule has 3 unspecified atom stereocenters. The van der Waals surface area contributed by atoms with E-state index in [9.17, 15) is 18.0 Å². The molecule has 1 saturated heterocycles. The van der Waals surface area contributed by atoms with Gasteiger partial charge in [0.1, 0.15) is 5.60 Å². The molecule has 0 amide bonds. The van der Waals surface area contributed by atoms with E-state index in [0.717, 1.165) is 16.7 Å². The number of H-pyrrole nitrogens is 2. The Balaban J connectivity index is 1.58. The summed E-state index contributed by atoms with van der Waals surface area (Å²) in [6.07, 6.45) is -0.374. The van der Waals surface area contributed by atoms with Crippen LogP contribution in [0.4, 0.5) is 0 Å². The number of rotatable bonds is 8. The Bertz CT molecular complexity index is 1550. The largest absolute Gasteiger partial charge is 0.365 e. The first-order chi connectivity index (χ1) is 18.7. The van der Waals surface area contributed by atoms with Crippen molar-refractivity contribution < 1.29 is 17.9 Å². The molecule has 4 aromatic rings. The van der Waals surface area contributed by atoms with Gasteiger partial charge in [-0.1, -0.05) is 91.0 Å². The van der Waals surface area contributed by atoms with Crippen molar-refractivity contribution in [3.8, 4) is 0 Å². The lowest BCUT2D eigenvalue weighted by atomic mass is 9.80. The monoisotopic (exact) mass is 546 g/mol. The Hall–Kier alpha value is -3.79. The quantitative estimate of drug-likeness (QED) is 0.326. The lowest BCUT2D eigenvalue weighted by molar-refractivity contribution is -0.0623. The Morgan fingerprint density at radius 1 is 0.846 bits per heavy atom. The minimum absolute atomic E-state index is 0.0562. The van der Waals surface area contributed by atoms with Crippen LogP contribution in [-0.4, -0.2) is 42.6 Å². The Morgan fingerprint density at radius 2 is 1.33 bits per heavy atom. The van der Waals surface area contributed by atoms with E-state index >= 15 is 0 Å². The SMILES string of the molecule is Cc1c(C2CC(S(C)(=O)=O)C(COC(c3ccccc3)(c3ccccc3)c3ccccc3)O2)[nH]c(=O)[nH]c1=O. The molecule has 8 nitrogen and oxygen atoms in total. The molecule has 5 rings (SSSR count). The number of ether oxygens (including phenoxy) is 2. The molecule has 2 N–H and O–H groups in total. The highest BCUT2D eigenvalue weighted by Crippen LogP contribution is 2.42. The summed E-state index contributed by atoms with van der Waals surface area (Å²) in [5.74, 6) is 0. The van der Waals surface area contributed by atoms with Gasteiger partial charge < -0.3 is 14.5 Å². The maximum absolute atomic E-state index is 12.9.